The molecule has 1 heterocycles. The van der Waals surface area contributed by atoms with E-state index in [-0.39, 0.29) is 44.0 Å². The van der Waals surface area contributed by atoms with Crippen LogP contribution in [0.2, 0.25) is 0 Å². The van der Waals surface area contributed by atoms with Gasteiger partial charge in [-0.3, -0.25) is 14.4 Å². The lowest BCUT2D eigenvalue weighted by Crippen LogP contribution is -2.28. The van der Waals surface area contributed by atoms with Gasteiger partial charge in [-0.25, -0.2) is 0 Å². The molecule has 0 spiro atoms. The summed E-state index contributed by atoms with van der Waals surface area (Å²) in [5.41, 5.74) is 4.51. The number of carbonyl (C=O) groups is 3. The molecule has 0 N–H and O–H groups in total. The number of fused-ring (bicyclic) bond motifs is 3. The highest BCUT2D eigenvalue weighted by Gasteiger charge is 2.32. The zero-order valence-electron chi connectivity index (χ0n) is 16.1. The fourth-order valence-electron chi connectivity index (χ4n) is 3.82. The summed E-state index contributed by atoms with van der Waals surface area (Å²) >= 11 is 0. The lowest BCUT2D eigenvalue weighted by Gasteiger charge is -2.16. The number of ether oxygens (including phenoxy) is 3. The molecule has 29 heavy (non-hydrogen) atoms. The van der Waals surface area contributed by atoms with Crippen LogP contribution >= 0.6 is 0 Å². The largest absolute Gasteiger partial charge is 0.465 e. The monoisotopic (exact) mass is 394 g/mol. The zero-order chi connectivity index (χ0) is 20.4. The second kappa shape index (κ2) is 8.07. The molecule has 0 aromatic heterocycles. The number of rotatable bonds is 6. The molecule has 1 aliphatic heterocycles. The average molecular weight is 394 g/mol. The van der Waals surface area contributed by atoms with Gasteiger partial charge in [-0.15, -0.1) is 0 Å². The zero-order valence-corrected chi connectivity index (χ0v) is 16.1. The van der Waals surface area contributed by atoms with E-state index < -0.39 is 17.9 Å². The first-order chi connectivity index (χ1) is 14.0. The number of cyclic esters (lactones) is 1. The van der Waals surface area contributed by atoms with E-state index in [0.29, 0.717) is 0 Å². The minimum absolute atomic E-state index is 0.0591. The van der Waals surface area contributed by atoms with Crippen molar-refractivity contribution in [3.05, 3.63) is 59.7 Å². The maximum Gasteiger partial charge on any atom is 0.320 e. The first-order valence-corrected chi connectivity index (χ1v) is 9.71. The van der Waals surface area contributed by atoms with E-state index in [4.69, 9.17) is 14.2 Å². The van der Waals surface area contributed by atoms with Gasteiger partial charge in [0.25, 0.3) is 0 Å². The van der Waals surface area contributed by atoms with Gasteiger partial charge in [-0.05, 0) is 29.2 Å². The lowest BCUT2D eigenvalue weighted by atomic mass is 9.98. The van der Waals surface area contributed by atoms with Crippen LogP contribution in [-0.2, 0) is 28.6 Å². The average Bonchev–Trinajstić information content (AvgIpc) is 3.30. The molecular weight excluding hydrogens is 372 g/mol. The van der Waals surface area contributed by atoms with Crippen LogP contribution in [0.25, 0.3) is 11.1 Å². The van der Waals surface area contributed by atoms with Gasteiger partial charge >= 0.3 is 17.9 Å². The Bertz CT molecular complexity index is 904. The summed E-state index contributed by atoms with van der Waals surface area (Å²) in [6.07, 6.45) is 0.229. The Hall–Kier alpha value is -3.15. The highest BCUT2D eigenvalue weighted by atomic mass is 16.6. The highest BCUT2D eigenvalue weighted by molar-refractivity contribution is 5.94. The van der Waals surface area contributed by atoms with E-state index in [2.05, 4.69) is 12.1 Å². The summed E-state index contributed by atoms with van der Waals surface area (Å²) in [4.78, 5) is 35.7. The fraction of sp³-hybridized carbons (Fsp3) is 0.348. The van der Waals surface area contributed by atoms with E-state index in [9.17, 15) is 14.4 Å². The van der Waals surface area contributed by atoms with E-state index in [1.807, 2.05) is 36.4 Å². The predicted octanol–water partition coefficient (Wildman–Crippen LogP) is 3.08. The van der Waals surface area contributed by atoms with Crippen molar-refractivity contribution in [1.82, 2.24) is 0 Å². The van der Waals surface area contributed by atoms with Crippen LogP contribution in [0.15, 0.2) is 48.5 Å². The van der Waals surface area contributed by atoms with Gasteiger partial charge in [0.1, 0.15) is 6.61 Å². The van der Waals surface area contributed by atoms with Crippen molar-refractivity contribution in [2.45, 2.75) is 19.3 Å². The van der Waals surface area contributed by atoms with Crippen molar-refractivity contribution in [2.24, 2.45) is 11.8 Å². The summed E-state index contributed by atoms with van der Waals surface area (Å²) in [5, 5.41) is 0. The molecule has 0 bridgehead atoms. The Balaban J connectivity index is 1.35. The molecule has 1 saturated heterocycles. The molecule has 0 amide bonds. The van der Waals surface area contributed by atoms with Gasteiger partial charge in [-0.1, -0.05) is 48.5 Å². The van der Waals surface area contributed by atoms with Crippen molar-refractivity contribution in [2.75, 3.05) is 19.8 Å². The summed E-state index contributed by atoms with van der Waals surface area (Å²) < 4.78 is 15.5. The molecule has 4 rings (SSSR count). The van der Waals surface area contributed by atoms with Crippen molar-refractivity contribution < 1.29 is 28.6 Å². The van der Waals surface area contributed by atoms with E-state index >= 15 is 0 Å². The van der Waals surface area contributed by atoms with Crippen molar-refractivity contribution >= 4 is 17.9 Å². The Morgan fingerprint density at radius 1 is 0.966 bits per heavy atom. The Morgan fingerprint density at radius 2 is 1.52 bits per heavy atom. The lowest BCUT2D eigenvalue weighted by molar-refractivity contribution is -0.162. The summed E-state index contributed by atoms with van der Waals surface area (Å²) in [6.45, 7) is 1.93. The van der Waals surface area contributed by atoms with Gasteiger partial charge in [0, 0.05) is 11.8 Å². The molecule has 2 aromatic rings. The van der Waals surface area contributed by atoms with Crippen LogP contribution in [-0.4, -0.2) is 37.7 Å². The molecule has 1 fully saturated rings. The van der Waals surface area contributed by atoms with Crippen LogP contribution in [0.3, 0.4) is 0 Å². The third-order valence-electron chi connectivity index (χ3n) is 5.46. The minimum atomic E-state index is -1.03. The van der Waals surface area contributed by atoms with Crippen LogP contribution in [0.1, 0.15) is 30.4 Å². The number of benzene rings is 2. The molecule has 2 atom stereocenters. The quantitative estimate of drug-likeness (QED) is 0.426. The third kappa shape index (κ3) is 3.88. The van der Waals surface area contributed by atoms with Crippen molar-refractivity contribution in [3.8, 4) is 11.1 Å². The second-order valence-corrected chi connectivity index (χ2v) is 7.46. The smallest absolute Gasteiger partial charge is 0.320 e. The molecule has 6 heteroatoms. The van der Waals surface area contributed by atoms with Crippen LogP contribution < -0.4 is 0 Å². The van der Waals surface area contributed by atoms with Crippen molar-refractivity contribution in [3.63, 3.8) is 0 Å². The van der Waals surface area contributed by atoms with Crippen LogP contribution in [0.5, 0.6) is 0 Å². The Morgan fingerprint density at radius 3 is 2.07 bits per heavy atom. The first kappa shape index (κ1) is 19.2. The van der Waals surface area contributed by atoms with Gasteiger partial charge in [0.05, 0.1) is 19.6 Å². The number of carbonyl (C=O) groups excluding carboxylic acids is 3. The predicted molar refractivity (Wildman–Crippen MR) is 104 cm³/mol. The number of hydrogen-bond acceptors (Lipinski definition) is 6. The normalized spacial score (nSPS) is 18.5. The van der Waals surface area contributed by atoms with Crippen LogP contribution in [0, 0.1) is 11.8 Å². The van der Waals surface area contributed by atoms with E-state index in [1.54, 1.807) is 0 Å². The standard InChI is InChI=1S/C23H22O6/c1-14(22(25)28-12-15-10-21(24)27-11-15)23(26)29-13-20-18-8-4-2-6-16(18)17-7-3-5-9-19(17)20/h2-9,14-15,20H,10-13H2,1H3. The SMILES string of the molecule is CC(C(=O)OCC1COC(=O)C1)C(=O)OCC1c2ccccc2-c2ccccc21. The van der Waals surface area contributed by atoms with Gasteiger partial charge in [-0.2, -0.15) is 0 Å². The van der Waals surface area contributed by atoms with E-state index in [1.165, 1.54) is 6.92 Å². The summed E-state index contributed by atoms with van der Waals surface area (Å²) in [6, 6.07) is 16.1. The molecule has 150 valence electrons. The number of esters is 3. The maximum atomic E-state index is 12.4. The minimum Gasteiger partial charge on any atom is -0.465 e. The van der Waals surface area contributed by atoms with E-state index in [0.717, 1.165) is 22.3 Å². The number of hydrogen-bond donors (Lipinski definition) is 0. The molecule has 2 aromatic carbocycles. The maximum absolute atomic E-state index is 12.4. The summed E-state index contributed by atoms with van der Waals surface area (Å²) in [7, 11) is 0. The summed E-state index contributed by atoms with van der Waals surface area (Å²) in [5.74, 6) is -2.80. The fourth-order valence-corrected chi connectivity index (χ4v) is 3.82. The molecule has 0 saturated carbocycles. The van der Waals surface area contributed by atoms with Crippen molar-refractivity contribution in [1.29, 1.82) is 0 Å². The molecule has 2 unspecified atom stereocenters. The van der Waals surface area contributed by atoms with Gasteiger partial charge in [0.15, 0.2) is 5.92 Å². The third-order valence-corrected chi connectivity index (χ3v) is 5.46. The highest BCUT2D eigenvalue weighted by Crippen LogP contribution is 2.44. The van der Waals surface area contributed by atoms with Crippen LogP contribution in [0.4, 0.5) is 0 Å². The van der Waals surface area contributed by atoms with Gasteiger partial charge < -0.3 is 14.2 Å². The molecule has 1 aliphatic carbocycles. The molecule has 0 radical (unpaired) electrons. The molecule has 6 nitrogen and oxygen atoms in total. The van der Waals surface area contributed by atoms with Gasteiger partial charge in [0.2, 0.25) is 0 Å². The topological polar surface area (TPSA) is 78.9 Å². The Kier molecular flexibility index (Phi) is 5.34. The Labute approximate surface area is 168 Å². The second-order valence-electron chi connectivity index (χ2n) is 7.46. The first-order valence-electron chi connectivity index (χ1n) is 9.71. The molecular formula is C23H22O6. The molecule has 2 aliphatic rings.